The number of ether oxygens (including phenoxy) is 1. The van der Waals surface area contributed by atoms with E-state index in [9.17, 15) is 14.7 Å². The number of aromatic nitrogens is 1. The predicted molar refractivity (Wildman–Crippen MR) is 100 cm³/mol. The van der Waals surface area contributed by atoms with Gasteiger partial charge in [0.1, 0.15) is 11.1 Å². The van der Waals surface area contributed by atoms with Crippen LogP contribution in [-0.4, -0.2) is 51.7 Å². The van der Waals surface area contributed by atoms with Crippen LogP contribution in [0.15, 0.2) is 23.6 Å². The molecule has 2 atom stereocenters. The number of halogens is 2. The number of hydrogen-bond donors (Lipinski definition) is 2. The van der Waals surface area contributed by atoms with Gasteiger partial charge in [0.2, 0.25) is 5.91 Å². The number of thiazole rings is 1. The van der Waals surface area contributed by atoms with Gasteiger partial charge in [0.25, 0.3) is 0 Å². The van der Waals surface area contributed by atoms with Crippen molar-refractivity contribution < 1.29 is 24.5 Å². The van der Waals surface area contributed by atoms with Crippen molar-refractivity contribution in [3.05, 3.63) is 49.9 Å². The quantitative estimate of drug-likeness (QED) is 0.755. The number of aliphatic hydroxyl groups excluding tert-OH is 1. The molecule has 1 aliphatic rings. The second kappa shape index (κ2) is 8.53. The van der Waals surface area contributed by atoms with Crippen molar-refractivity contribution in [3.8, 4) is 0 Å². The van der Waals surface area contributed by atoms with Gasteiger partial charge in [-0.2, -0.15) is 0 Å². The summed E-state index contributed by atoms with van der Waals surface area (Å²) in [5.41, 5.74) is 0.423. The minimum Gasteiger partial charge on any atom is -0.476 e. The van der Waals surface area contributed by atoms with Crippen LogP contribution in [0.3, 0.4) is 0 Å². The molecule has 0 bridgehead atoms. The van der Waals surface area contributed by atoms with E-state index in [1.165, 1.54) is 16.7 Å². The Morgan fingerprint density at radius 3 is 2.67 bits per heavy atom. The van der Waals surface area contributed by atoms with Gasteiger partial charge >= 0.3 is 5.97 Å². The Hall–Kier alpha value is -1.71. The van der Waals surface area contributed by atoms with Gasteiger partial charge in [-0.25, -0.2) is 9.78 Å². The number of carbonyl (C=O) groups is 2. The highest BCUT2D eigenvalue weighted by Gasteiger charge is 2.29. The van der Waals surface area contributed by atoms with E-state index in [-0.39, 0.29) is 24.6 Å². The molecule has 1 aromatic heterocycles. The first-order chi connectivity index (χ1) is 12.8. The third-order valence-electron chi connectivity index (χ3n) is 4.07. The number of carbonyl (C=O) groups excluding carboxylic acids is 1. The number of morpholine rings is 1. The Bertz CT molecular complexity index is 839. The average molecular weight is 431 g/mol. The highest BCUT2D eigenvalue weighted by molar-refractivity contribution is 7.09. The Morgan fingerprint density at radius 2 is 2.04 bits per heavy atom. The van der Waals surface area contributed by atoms with E-state index < -0.39 is 18.2 Å². The van der Waals surface area contributed by atoms with Crippen molar-refractivity contribution in [2.45, 2.75) is 18.6 Å². The molecule has 1 fully saturated rings. The Balaban J connectivity index is 1.64. The third-order valence-corrected chi connectivity index (χ3v) is 5.45. The fraction of sp³-hybridized carbons (Fsp3) is 0.353. The summed E-state index contributed by atoms with van der Waals surface area (Å²) in [5.74, 6) is -1.36. The number of benzene rings is 1. The fourth-order valence-corrected chi connectivity index (χ4v) is 4.11. The highest BCUT2D eigenvalue weighted by atomic mass is 35.5. The fourth-order valence-electron chi connectivity index (χ4n) is 2.74. The molecule has 1 saturated heterocycles. The van der Waals surface area contributed by atoms with Crippen LogP contribution in [0.5, 0.6) is 0 Å². The molecule has 0 spiro atoms. The van der Waals surface area contributed by atoms with Gasteiger partial charge in [-0.05, 0) is 23.8 Å². The van der Waals surface area contributed by atoms with Crippen molar-refractivity contribution >= 4 is 46.4 Å². The number of hydrogen-bond acceptors (Lipinski definition) is 6. The van der Waals surface area contributed by atoms with E-state index in [0.29, 0.717) is 33.8 Å². The molecule has 2 aromatic rings. The van der Waals surface area contributed by atoms with E-state index >= 15 is 0 Å². The van der Waals surface area contributed by atoms with Crippen LogP contribution in [-0.2, 0) is 9.53 Å². The lowest BCUT2D eigenvalue weighted by atomic mass is 10.1. The van der Waals surface area contributed by atoms with Gasteiger partial charge < -0.3 is 19.8 Å². The molecule has 0 saturated carbocycles. The molecule has 3 rings (SSSR count). The molecule has 144 valence electrons. The van der Waals surface area contributed by atoms with Gasteiger partial charge in [0, 0.05) is 22.0 Å². The molecule has 10 heteroatoms. The van der Waals surface area contributed by atoms with Crippen LogP contribution in [0, 0.1) is 0 Å². The summed E-state index contributed by atoms with van der Waals surface area (Å²) in [5, 5.41) is 22.0. The number of aliphatic hydroxyl groups is 1. The smallest absolute Gasteiger partial charge is 0.355 e. The van der Waals surface area contributed by atoms with Crippen LogP contribution >= 0.6 is 34.5 Å². The van der Waals surface area contributed by atoms with Crippen molar-refractivity contribution in [1.82, 2.24) is 9.88 Å². The summed E-state index contributed by atoms with van der Waals surface area (Å²) >= 11 is 13.0. The summed E-state index contributed by atoms with van der Waals surface area (Å²) in [6, 6.07) is 4.68. The number of aromatic carboxylic acids is 1. The standard InChI is InChI=1S/C17H16Cl2N2O5S/c18-10-3-9(4-11(19)5-10)13(22)6-15(23)21-1-2-26-14(7-21)16-20-12(8-27-16)17(24)25/h3-5,8,13-14,22H,1-2,6-7H2,(H,24,25). The summed E-state index contributed by atoms with van der Waals surface area (Å²) in [6.07, 6.45) is -1.64. The van der Waals surface area contributed by atoms with E-state index in [0.717, 1.165) is 0 Å². The van der Waals surface area contributed by atoms with Gasteiger partial charge in [0.05, 0.1) is 25.7 Å². The van der Waals surface area contributed by atoms with Gasteiger partial charge in [-0.3, -0.25) is 4.79 Å². The van der Waals surface area contributed by atoms with Crippen LogP contribution in [0.1, 0.15) is 39.7 Å². The maximum absolute atomic E-state index is 12.6. The molecule has 2 unspecified atom stereocenters. The number of carboxylic acid groups (broad SMARTS) is 1. The monoisotopic (exact) mass is 430 g/mol. The molecule has 1 amide bonds. The van der Waals surface area contributed by atoms with E-state index in [1.807, 2.05) is 0 Å². The van der Waals surface area contributed by atoms with Crippen molar-refractivity contribution in [3.63, 3.8) is 0 Å². The molecular formula is C17H16Cl2N2O5S. The molecule has 27 heavy (non-hydrogen) atoms. The number of rotatable bonds is 5. The predicted octanol–water partition coefficient (Wildman–Crippen LogP) is 3.17. The Labute approximate surface area is 169 Å². The van der Waals surface area contributed by atoms with Crippen LogP contribution in [0.4, 0.5) is 0 Å². The zero-order valence-electron chi connectivity index (χ0n) is 14.0. The van der Waals surface area contributed by atoms with E-state index in [1.54, 1.807) is 23.1 Å². The maximum Gasteiger partial charge on any atom is 0.355 e. The lowest BCUT2D eigenvalue weighted by Gasteiger charge is -2.32. The first-order valence-electron chi connectivity index (χ1n) is 8.05. The number of carboxylic acids is 1. The first-order valence-corrected chi connectivity index (χ1v) is 9.69. The van der Waals surface area contributed by atoms with Crippen LogP contribution in [0.25, 0.3) is 0 Å². The summed E-state index contributed by atoms with van der Waals surface area (Å²) < 4.78 is 5.62. The molecule has 2 heterocycles. The highest BCUT2D eigenvalue weighted by Crippen LogP contribution is 2.28. The summed E-state index contributed by atoms with van der Waals surface area (Å²) in [7, 11) is 0. The van der Waals surface area contributed by atoms with Crippen molar-refractivity contribution in [1.29, 1.82) is 0 Å². The lowest BCUT2D eigenvalue weighted by Crippen LogP contribution is -2.42. The van der Waals surface area contributed by atoms with Crippen LogP contribution < -0.4 is 0 Å². The number of amides is 1. The minimum absolute atomic E-state index is 0.0460. The molecule has 0 aliphatic carbocycles. The topological polar surface area (TPSA) is 100.0 Å². The zero-order valence-corrected chi connectivity index (χ0v) is 16.3. The van der Waals surface area contributed by atoms with Gasteiger partial charge in [0.15, 0.2) is 5.69 Å². The third kappa shape index (κ3) is 4.97. The molecule has 1 aromatic carbocycles. The molecule has 2 N–H and O–H groups in total. The lowest BCUT2D eigenvalue weighted by molar-refractivity contribution is -0.141. The van der Waals surface area contributed by atoms with E-state index in [2.05, 4.69) is 4.98 Å². The largest absolute Gasteiger partial charge is 0.476 e. The van der Waals surface area contributed by atoms with Crippen LogP contribution in [0.2, 0.25) is 10.0 Å². The SMILES string of the molecule is O=C(O)c1csc(C2CN(C(=O)CC(O)c3cc(Cl)cc(Cl)c3)CCO2)n1. The van der Waals surface area contributed by atoms with Crippen molar-refractivity contribution in [2.75, 3.05) is 19.7 Å². The Morgan fingerprint density at radius 1 is 1.33 bits per heavy atom. The van der Waals surface area contributed by atoms with E-state index in [4.69, 9.17) is 33.0 Å². The first kappa shape index (κ1) is 20.0. The molecule has 7 nitrogen and oxygen atoms in total. The second-order valence-corrected chi connectivity index (χ2v) is 7.76. The molecule has 0 radical (unpaired) electrons. The maximum atomic E-state index is 12.6. The van der Waals surface area contributed by atoms with Crippen molar-refractivity contribution in [2.24, 2.45) is 0 Å². The summed E-state index contributed by atoms with van der Waals surface area (Å²) in [4.78, 5) is 29.1. The normalized spacial score (nSPS) is 18.3. The second-order valence-electron chi connectivity index (χ2n) is 6.00. The molecular weight excluding hydrogens is 415 g/mol. The number of nitrogens with zero attached hydrogens (tertiary/aromatic N) is 2. The zero-order chi connectivity index (χ0) is 19.6. The van der Waals surface area contributed by atoms with Gasteiger partial charge in [-0.1, -0.05) is 23.2 Å². The minimum atomic E-state index is -1.11. The van der Waals surface area contributed by atoms with Gasteiger partial charge in [-0.15, -0.1) is 11.3 Å². The summed E-state index contributed by atoms with van der Waals surface area (Å²) in [6.45, 7) is 0.932. The Kier molecular flexibility index (Phi) is 6.33. The average Bonchev–Trinajstić information content (AvgIpc) is 3.11. The molecule has 1 aliphatic heterocycles.